The number of amides is 1. The number of hydrogen-bond donors (Lipinski definition) is 2. The minimum Gasteiger partial charge on any atom is -0.492 e. The monoisotopic (exact) mass is 347 g/mol. The Morgan fingerprint density at radius 3 is 2.76 bits per heavy atom. The molecule has 5 nitrogen and oxygen atoms in total. The molecular formula is C20H33N3O2. The Hall–Kier alpha value is -1.59. The quantitative estimate of drug-likeness (QED) is 0.721. The van der Waals surface area contributed by atoms with Gasteiger partial charge in [-0.25, -0.2) is 0 Å². The van der Waals surface area contributed by atoms with E-state index in [2.05, 4.69) is 41.5 Å². The Bertz CT molecular complexity index is 542. The van der Waals surface area contributed by atoms with Gasteiger partial charge in [0.05, 0.1) is 12.3 Å². The first-order chi connectivity index (χ1) is 12.1. The summed E-state index contributed by atoms with van der Waals surface area (Å²) in [4.78, 5) is 14.5. The van der Waals surface area contributed by atoms with Crippen LogP contribution in [0, 0.1) is 0 Å². The predicted molar refractivity (Wildman–Crippen MR) is 103 cm³/mol. The molecule has 25 heavy (non-hydrogen) atoms. The molecular weight excluding hydrogens is 314 g/mol. The second-order valence-electron chi connectivity index (χ2n) is 6.75. The Morgan fingerprint density at radius 1 is 1.32 bits per heavy atom. The van der Waals surface area contributed by atoms with E-state index >= 15 is 0 Å². The molecule has 0 saturated carbocycles. The molecule has 1 fully saturated rings. The second-order valence-corrected chi connectivity index (χ2v) is 6.75. The number of carbonyl (C=O) groups is 1. The fourth-order valence-electron chi connectivity index (χ4n) is 3.22. The van der Waals surface area contributed by atoms with Gasteiger partial charge in [-0.05, 0) is 44.4 Å². The van der Waals surface area contributed by atoms with Crippen LogP contribution in [0.3, 0.4) is 0 Å². The number of piperazine rings is 1. The fourth-order valence-corrected chi connectivity index (χ4v) is 3.22. The van der Waals surface area contributed by atoms with Gasteiger partial charge in [-0.3, -0.25) is 9.69 Å². The zero-order valence-corrected chi connectivity index (χ0v) is 15.9. The van der Waals surface area contributed by atoms with Gasteiger partial charge in [0.15, 0.2) is 0 Å². The zero-order chi connectivity index (χ0) is 18.1. The Morgan fingerprint density at radius 2 is 2.08 bits per heavy atom. The van der Waals surface area contributed by atoms with Gasteiger partial charge in [0.2, 0.25) is 5.91 Å². The summed E-state index contributed by atoms with van der Waals surface area (Å²) in [6.45, 7) is 11.3. The van der Waals surface area contributed by atoms with Crippen molar-refractivity contribution in [2.75, 3.05) is 38.1 Å². The lowest BCUT2D eigenvalue weighted by Gasteiger charge is -2.33. The number of benzene rings is 1. The Kier molecular flexibility index (Phi) is 8.22. The van der Waals surface area contributed by atoms with Gasteiger partial charge in [0, 0.05) is 38.6 Å². The number of hydrogen-bond acceptors (Lipinski definition) is 4. The largest absolute Gasteiger partial charge is 0.492 e. The van der Waals surface area contributed by atoms with Crippen molar-refractivity contribution in [3.05, 3.63) is 23.8 Å². The van der Waals surface area contributed by atoms with E-state index in [4.69, 9.17) is 4.74 Å². The third-order valence-corrected chi connectivity index (χ3v) is 4.68. The molecule has 1 heterocycles. The molecule has 0 spiro atoms. The minimum atomic E-state index is 0.0599. The van der Waals surface area contributed by atoms with Crippen molar-refractivity contribution >= 4 is 11.6 Å². The summed E-state index contributed by atoms with van der Waals surface area (Å²) >= 11 is 0. The summed E-state index contributed by atoms with van der Waals surface area (Å²) in [6, 6.07) is 6.67. The molecule has 1 aliphatic heterocycles. The van der Waals surface area contributed by atoms with Gasteiger partial charge >= 0.3 is 0 Å². The van der Waals surface area contributed by atoms with Crippen molar-refractivity contribution in [1.82, 2.24) is 10.2 Å². The lowest BCUT2D eigenvalue weighted by atomic mass is 10.0. The van der Waals surface area contributed by atoms with Crippen LogP contribution in [0.4, 0.5) is 5.69 Å². The number of nitrogens with zero attached hydrogens (tertiary/aromatic N) is 1. The summed E-state index contributed by atoms with van der Waals surface area (Å²) in [5, 5.41) is 6.39. The van der Waals surface area contributed by atoms with Crippen LogP contribution >= 0.6 is 0 Å². The summed E-state index contributed by atoms with van der Waals surface area (Å²) in [7, 11) is 0. The van der Waals surface area contributed by atoms with E-state index in [0.717, 1.165) is 56.9 Å². The van der Waals surface area contributed by atoms with Crippen molar-refractivity contribution in [3.63, 3.8) is 0 Å². The molecule has 2 rings (SSSR count). The number of rotatable bonds is 9. The summed E-state index contributed by atoms with van der Waals surface area (Å²) in [6.07, 6.45) is 3.48. The van der Waals surface area contributed by atoms with E-state index in [1.54, 1.807) is 0 Å². The third-order valence-electron chi connectivity index (χ3n) is 4.68. The smallest absolute Gasteiger partial charge is 0.224 e. The van der Waals surface area contributed by atoms with Crippen LogP contribution in [0.15, 0.2) is 18.2 Å². The van der Waals surface area contributed by atoms with Crippen LogP contribution in [0.2, 0.25) is 0 Å². The van der Waals surface area contributed by atoms with E-state index < -0.39 is 0 Å². The average Bonchev–Trinajstić information content (AvgIpc) is 2.63. The van der Waals surface area contributed by atoms with Gasteiger partial charge in [-0.1, -0.05) is 19.4 Å². The second kappa shape index (κ2) is 10.4. The highest BCUT2D eigenvalue weighted by atomic mass is 16.5. The highest BCUT2D eigenvalue weighted by Crippen LogP contribution is 2.27. The van der Waals surface area contributed by atoms with Crippen molar-refractivity contribution in [2.24, 2.45) is 0 Å². The van der Waals surface area contributed by atoms with Crippen molar-refractivity contribution < 1.29 is 9.53 Å². The van der Waals surface area contributed by atoms with E-state index in [9.17, 15) is 4.79 Å². The molecule has 1 saturated heterocycles. The maximum absolute atomic E-state index is 12.0. The van der Waals surface area contributed by atoms with Gasteiger partial charge in [-0.2, -0.15) is 0 Å². The van der Waals surface area contributed by atoms with Crippen LogP contribution in [0.1, 0.15) is 45.6 Å². The van der Waals surface area contributed by atoms with Gasteiger partial charge in [-0.15, -0.1) is 0 Å². The maximum Gasteiger partial charge on any atom is 0.224 e. The first kappa shape index (κ1) is 19.7. The third kappa shape index (κ3) is 6.33. The first-order valence-corrected chi connectivity index (χ1v) is 9.64. The van der Waals surface area contributed by atoms with Crippen LogP contribution in [0.5, 0.6) is 5.75 Å². The summed E-state index contributed by atoms with van der Waals surface area (Å²) < 4.78 is 5.77. The molecule has 0 radical (unpaired) electrons. The first-order valence-electron chi connectivity index (χ1n) is 9.64. The van der Waals surface area contributed by atoms with Gasteiger partial charge in [0.25, 0.3) is 0 Å². The standard InChI is InChI=1S/C20H33N3O2/c1-4-6-7-20(24)22-18-9-8-17(15-19(18)25-5-2)14-16(3)23-12-10-21-11-13-23/h8-9,15-16,21H,4-7,10-14H2,1-3H3,(H,22,24). The van der Waals surface area contributed by atoms with Crippen molar-refractivity contribution in [2.45, 2.75) is 52.5 Å². The Balaban J connectivity index is 2.02. The maximum atomic E-state index is 12.0. The SMILES string of the molecule is CCCCC(=O)Nc1ccc(CC(C)N2CCNCC2)cc1OCC. The highest BCUT2D eigenvalue weighted by Gasteiger charge is 2.17. The van der Waals surface area contributed by atoms with E-state index in [0.29, 0.717) is 19.1 Å². The fraction of sp³-hybridized carbons (Fsp3) is 0.650. The number of nitrogens with one attached hydrogen (secondary N) is 2. The topological polar surface area (TPSA) is 53.6 Å². The van der Waals surface area contributed by atoms with E-state index in [1.165, 1.54) is 5.56 Å². The number of ether oxygens (including phenoxy) is 1. The zero-order valence-electron chi connectivity index (χ0n) is 15.9. The minimum absolute atomic E-state index is 0.0599. The number of carbonyl (C=O) groups excluding carboxylic acids is 1. The van der Waals surface area contributed by atoms with Crippen molar-refractivity contribution in [3.8, 4) is 5.75 Å². The van der Waals surface area contributed by atoms with Crippen molar-refractivity contribution in [1.29, 1.82) is 0 Å². The highest BCUT2D eigenvalue weighted by molar-refractivity contribution is 5.92. The molecule has 140 valence electrons. The van der Waals surface area contributed by atoms with Crippen LogP contribution in [-0.4, -0.2) is 49.6 Å². The molecule has 1 amide bonds. The Labute approximate surface area is 152 Å². The number of unbranched alkanes of at least 4 members (excludes halogenated alkanes) is 1. The summed E-state index contributed by atoms with van der Waals surface area (Å²) in [5.41, 5.74) is 2.03. The van der Waals surface area contributed by atoms with E-state index in [1.807, 2.05) is 13.0 Å². The van der Waals surface area contributed by atoms with Crippen LogP contribution in [0.25, 0.3) is 0 Å². The normalized spacial score (nSPS) is 16.4. The molecule has 1 aliphatic rings. The lowest BCUT2D eigenvalue weighted by molar-refractivity contribution is -0.116. The molecule has 1 aromatic rings. The lowest BCUT2D eigenvalue weighted by Crippen LogP contribution is -2.48. The molecule has 5 heteroatoms. The molecule has 0 aliphatic carbocycles. The molecule has 2 N–H and O–H groups in total. The molecule has 0 bridgehead atoms. The van der Waals surface area contributed by atoms with E-state index in [-0.39, 0.29) is 5.91 Å². The van der Waals surface area contributed by atoms with Gasteiger partial charge < -0.3 is 15.4 Å². The van der Waals surface area contributed by atoms with Crippen LogP contribution in [-0.2, 0) is 11.2 Å². The molecule has 0 aromatic heterocycles. The number of anilines is 1. The molecule has 1 aromatic carbocycles. The molecule has 1 unspecified atom stereocenters. The van der Waals surface area contributed by atoms with Gasteiger partial charge in [0.1, 0.15) is 5.75 Å². The van der Waals surface area contributed by atoms with Crippen LogP contribution < -0.4 is 15.4 Å². The molecule has 1 atom stereocenters. The summed E-state index contributed by atoms with van der Waals surface area (Å²) in [5.74, 6) is 0.835. The average molecular weight is 348 g/mol. The predicted octanol–water partition coefficient (Wildman–Crippen LogP) is 3.05.